The minimum absolute atomic E-state index is 0.164. The minimum Gasteiger partial charge on any atom is -0.484 e. The van der Waals surface area contributed by atoms with Crippen LogP contribution in [0.4, 0.5) is 27.6 Å². The molecule has 0 spiro atoms. The number of carbonyl (C=O) groups excluding carboxylic acids is 1. The van der Waals surface area contributed by atoms with Gasteiger partial charge in [-0.2, -0.15) is 0 Å². The Bertz CT molecular complexity index is 1570. The van der Waals surface area contributed by atoms with E-state index < -0.39 is 35.8 Å². The molecule has 40 heavy (non-hydrogen) atoms. The Hall–Kier alpha value is -3.81. The largest absolute Gasteiger partial charge is 0.484 e. The molecule has 0 bridgehead atoms. The Morgan fingerprint density at radius 3 is 2.48 bits per heavy atom. The molecular weight excluding hydrogens is 525 g/mol. The highest BCUT2D eigenvalue weighted by Gasteiger charge is 2.33. The fourth-order valence-electron chi connectivity index (χ4n) is 5.61. The van der Waals surface area contributed by atoms with Crippen LogP contribution in [0.3, 0.4) is 0 Å². The first-order valence-electron chi connectivity index (χ1n) is 13.2. The fourth-order valence-corrected chi connectivity index (χ4v) is 5.61. The first kappa shape index (κ1) is 27.7. The topological polar surface area (TPSA) is 38.7 Å². The Kier molecular flexibility index (Phi) is 7.38. The molecule has 0 saturated carbocycles. The van der Waals surface area contributed by atoms with Gasteiger partial charge in [-0.15, -0.1) is 0 Å². The number of halogens is 5. The third-order valence-electron chi connectivity index (χ3n) is 7.44. The van der Waals surface area contributed by atoms with Gasteiger partial charge in [0, 0.05) is 35.3 Å². The van der Waals surface area contributed by atoms with Crippen LogP contribution in [0.2, 0.25) is 0 Å². The van der Waals surface area contributed by atoms with Gasteiger partial charge in [0.2, 0.25) is 0 Å². The number of benzene rings is 3. The van der Waals surface area contributed by atoms with Crippen molar-refractivity contribution < 1.29 is 31.5 Å². The molecule has 0 radical (unpaired) electrons. The van der Waals surface area contributed by atoms with Crippen molar-refractivity contribution in [2.75, 3.05) is 6.61 Å². The number of hydrogen-bond acceptors (Lipinski definition) is 3. The molecule has 3 nitrogen and oxygen atoms in total. The van der Waals surface area contributed by atoms with E-state index in [1.54, 1.807) is 19.1 Å². The molecule has 0 amide bonds. The molecule has 0 aliphatic carbocycles. The van der Waals surface area contributed by atoms with Crippen LogP contribution < -0.4 is 4.74 Å². The van der Waals surface area contributed by atoms with Gasteiger partial charge in [-0.05, 0) is 80.0 Å². The summed E-state index contributed by atoms with van der Waals surface area (Å²) in [5, 5.41) is 0. The second-order valence-corrected chi connectivity index (χ2v) is 10.4. The van der Waals surface area contributed by atoms with Crippen LogP contribution >= 0.6 is 0 Å². The van der Waals surface area contributed by atoms with E-state index in [9.17, 15) is 26.7 Å². The van der Waals surface area contributed by atoms with Gasteiger partial charge in [0.15, 0.2) is 35.6 Å². The maximum Gasteiger partial charge on any atom is 0.281 e. The molecule has 0 saturated heterocycles. The van der Waals surface area contributed by atoms with E-state index in [0.717, 1.165) is 22.4 Å². The van der Waals surface area contributed by atoms with Crippen LogP contribution in [-0.2, 0) is 12.8 Å². The zero-order valence-electron chi connectivity index (χ0n) is 22.4. The third-order valence-corrected chi connectivity index (χ3v) is 7.44. The number of ether oxygens (including phenoxy) is 1. The Balaban J connectivity index is 1.72. The number of hydrogen-bond donors (Lipinski definition) is 0. The molecule has 3 aromatic carbocycles. The fraction of sp³-hybridized carbons (Fsp3) is 0.312. The highest BCUT2D eigenvalue weighted by atomic mass is 19.3. The van der Waals surface area contributed by atoms with Crippen molar-refractivity contribution in [3.8, 4) is 16.9 Å². The summed E-state index contributed by atoms with van der Waals surface area (Å²) in [6.45, 7) is 4.61. The summed E-state index contributed by atoms with van der Waals surface area (Å²) in [5.41, 5.74) is 5.49. The predicted octanol–water partition coefficient (Wildman–Crippen LogP) is 8.75. The highest BCUT2D eigenvalue weighted by Crippen LogP contribution is 2.48. The number of ketones is 1. The van der Waals surface area contributed by atoms with Crippen molar-refractivity contribution in [1.29, 1.82) is 0 Å². The SMILES string of the molecule is C/C=C(/C(=O)c1cc(F)c(F)c(F)c1)c1cccc2c1CCCCC(F)(F)COc1c3c(cc(C)c1-2)CC(C)=N3. The van der Waals surface area contributed by atoms with E-state index in [-0.39, 0.29) is 29.7 Å². The number of rotatable bonds is 3. The zero-order chi connectivity index (χ0) is 28.8. The predicted molar refractivity (Wildman–Crippen MR) is 145 cm³/mol. The van der Waals surface area contributed by atoms with Crippen molar-refractivity contribution >= 4 is 22.8 Å². The van der Waals surface area contributed by atoms with Crippen LogP contribution in [0.5, 0.6) is 5.75 Å². The van der Waals surface area contributed by atoms with Gasteiger partial charge in [-0.1, -0.05) is 30.3 Å². The average molecular weight is 554 g/mol. The third kappa shape index (κ3) is 5.07. The first-order chi connectivity index (χ1) is 19.0. The van der Waals surface area contributed by atoms with Crippen molar-refractivity contribution in [3.05, 3.63) is 87.7 Å². The summed E-state index contributed by atoms with van der Waals surface area (Å²) in [6, 6.07) is 8.66. The molecule has 8 heteroatoms. The Morgan fingerprint density at radius 2 is 1.77 bits per heavy atom. The van der Waals surface area contributed by atoms with Crippen LogP contribution in [0, 0.1) is 24.4 Å². The molecule has 0 atom stereocenters. The maximum absolute atomic E-state index is 14.8. The molecule has 0 fully saturated rings. The van der Waals surface area contributed by atoms with E-state index in [1.807, 2.05) is 26.0 Å². The van der Waals surface area contributed by atoms with E-state index in [4.69, 9.17) is 4.74 Å². The first-order valence-corrected chi connectivity index (χ1v) is 13.2. The highest BCUT2D eigenvalue weighted by molar-refractivity contribution is 6.29. The summed E-state index contributed by atoms with van der Waals surface area (Å²) in [4.78, 5) is 18.2. The Labute approximate surface area is 229 Å². The summed E-state index contributed by atoms with van der Waals surface area (Å²) < 4.78 is 77.1. The molecule has 2 heterocycles. The number of alkyl halides is 2. The quantitative estimate of drug-likeness (QED) is 0.141. The molecule has 2 aliphatic rings. The lowest BCUT2D eigenvalue weighted by atomic mass is 9.84. The standard InChI is InChI=1S/C32H28F5NO2/c1-4-21(30(39)20-14-25(33)28(35)26(34)15-20)22-9-7-10-24-23(22)8-5-6-11-32(36,37)16-40-31-27(24)17(2)12-19-13-18(3)38-29(19)31/h4,7,9-10,12,14-15H,5-6,8,11,13,16H2,1-3H3/b21-4+. The minimum atomic E-state index is -3.04. The van der Waals surface area contributed by atoms with Crippen LogP contribution in [0.25, 0.3) is 16.7 Å². The van der Waals surface area contributed by atoms with Crippen molar-refractivity contribution in [2.24, 2.45) is 4.99 Å². The van der Waals surface area contributed by atoms with Gasteiger partial charge in [-0.3, -0.25) is 9.79 Å². The molecule has 0 aromatic heterocycles. The van der Waals surface area contributed by atoms with E-state index in [0.29, 0.717) is 53.8 Å². The van der Waals surface area contributed by atoms with E-state index in [2.05, 4.69) is 4.99 Å². The van der Waals surface area contributed by atoms with Gasteiger partial charge in [0.05, 0.1) is 0 Å². The Morgan fingerprint density at radius 1 is 1.05 bits per heavy atom. The van der Waals surface area contributed by atoms with Gasteiger partial charge in [-0.25, -0.2) is 22.0 Å². The molecule has 5 rings (SSSR count). The molecule has 3 aromatic rings. The van der Waals surface area contributed by atoms with Crippen molar-refractivity contribution in [1.82, 2.24) is 0 Å². The van der Waals surface area contributed by atoms with Crippen molar-refractivity contribution in [2.45, 2.75) is 58.8 Å². The van der Waals surface area contributed by atoms with Crippen LogP contribution in [0.1, 0.15) is 65.7 Å². The number of nitrogens with zero attached hydrogens (tertiary/aromatic N) is 1. The molecular formula is C32H28F5NO2. The van der Waals surface area contributed by atoms with Gasteiger partial charge < -0.3 is 4.74 Å². The van der Waals surface area contributed by atoms with Gasteiger partial charge in [0.25, 0.3) is 5.92 Å². The lowest BCUT2D eigenvalue weighted by Gasteiger charge is -2.22. The number of aryl methyl sites for hydroxylation is 1. The molecule has 208 valence electrons. The molecule has 0 unspecified atom stereocenters. The van der Waals surface area contributed by atoms with Gasteiger partial charge in [0.1, 0.15) is 5.69 Å². The number of fused-ring (bicyclic) bond motifs is 5. The second-order valence-electron chi connectivity index (χ2n) is 10.4. The van der Waals surface area contributed by atoms with Crippen LogP contribution in [-0.4, -0.2) is 24.0 Å². The number of carbonyl (C=O) groups is 1. The lowest BCUT2D eigenvalue weighted by Crippen LogP contribution is -2.25. The average Bonchev–Trinajstić information content (AvgIpc) is 3.27. The number of Topliss-reactive ketones (excluding diaryl/α,β-unsaturated/α-hetero) is 1. The number of allylic oxidation sites excluding steroid dienone is 2. The summed E-state index contributed by atoms with van der Waals surface area (Å²) >= 11 is 0. The van der Waals surface area contributed by atoms with Gasteiger partial charge >= 0.3 is 0 Å². The van der Waals surface area contributed by atoms with Crippen LogP contribution in [0.15, 0.2) is 47.5 Å². The number of aliphatic imine (C=N–C) groups is 1. The smallest absolute Gasteiger partial charge is 0.281 e. The van der Waals surface area contributed by atoms with E-state index >= 15 is 0 Å². The summed E-state index contributed by atoms with van der Waals surface area (Å²) in [7, 11) is 0. The zero-order valence-corrected chi connectivity index (χ0v) is 22.4. The lowest BCUT2D eigenvalue weighted by molar-refractivity contribution is -0.0489. The normalized spacial score (nSPS) is 16.7. The van der Waals surface area contributed by atoms with Crippen molar-refractivity contribution in [3.63, 3.8) is 0 Å². The molecule has 2 aliphatic heterocycles. The summed E-state index contributed by atoms with van der Waals surface area (Å²) in [5.74, 6) is -8.01. The maximum atomic E-state index is 14.8. The summed E-state index contributed by atoms with van der Waals surface area (Å²) in [6.07, 6.45) is 2.79. The molecule has 0 N–H and O–H groups in total. The monoisotopic (exact) mass is 553 g/mol. The van der Waals surface area contributed by atoms with E-state index in [1.165, 1.54) is 6.08 Å². The second kappa shape index (κ2) is 10.6.